The summed E-state index contributed by atoms with van der Waals surface area (Å²) in [7, 11) is 3.77. The minimum Gasteiger partial charge on any atom is -0.478 e. The van der Waals surface area contributed by atoms with Crippen LogP contribution in [0.5, 0.6) is 0 Å². The Balaban J connectivity index is 4.60. The number of aliphatic carboxylic acids is 1. The predicted molar refractivity (Wildman–Crippen MR) is 58.7 cm³/mol. The zero-order valence-corrected chi connectivity index (χ0v) is 9.41. The summed E-state index contributed by atoms with van der Waals surface area (Å²) in [5.41, 5.74) is 0.0536. The van der Waals surface area contributed by atoms with Crippen molar-refractivity contribution in [3.05, 3.63) is 23.8 Å². The van der Waals surface area contributed by atoms with Crippen LogP contribution in [0.15, 0.2) is 23.8 Å². The molecule has 4 heteroatoms. The molecule has 84 valence electrons. The second-order valence-corrected chi connectivity index (χ2v) is 3.62. The minimum absolute atomic E-state index is 0.190. The minimum atomic E-state index is -1.19. The first kappa shape index (κ1) is 13.6. The number of rotatable bonds is 6. The van der Waals surface area contributed by atoms with E-state index in [9.17, 15) is 9.59 Å². The van der Waals surface area contributed by atoms with Crippen LogP contribution in [0.1, 0.15) is 13.3 Å². The Kier molecular flexibility index (Phi) is 5.56. The molecular weight excluding hydrogens is 194 g/mol. The molecule has 0 radical (unpaired) electrons. The van der Waals surface area contributed by atoms with Gasteiger partial charge < -0.3 is 10.0 Å². The van der Waals surface area contributed by atoms with Crippen molar-refractivity contribution in [2.45, 2.75) is 13.3 Å². The van der Waals surface area contributed by atoms with Crippen molar-refractivity contribution >= 4 is 11.8 Å². The van der Waals surface area contributed by atoms with E-state index < -0.39 is 11.8 Å². The molecule has 0 atom stereocenters. The molecule has 0 amide bonds. The number of nitrogens with zero attached hydrogens (tertiary/aromatic N) is 1. The van der Waals surface area contributed by atoms with E-state index in [0.29, 0.717) is 13.0 Å². The lowest BCUT2D eigenvalue weighted by molar-refractivity contribution is -0.134. The third-order valence-electron chi connectivity index (χ3n) is 1.79. The number of hydrogen-bond donors (Lipinski definition) is 1. The largest absolute Gasteiger partial charge is 0.478 e. The van der Waals surface area contributed by atoms with Gasteiger partial charge in [0.05, 0.1) is 0 Å². The summed E-state index contributed by atoms with van der Waals surface area (Å²) < 4.78 is 0. The molecule has 0 saturated carbocycles. The van der Waals surface area contributed by atoms with Crippen molar-refractivity contribution in [1.29, 1.82) is 0 Å². The highest BCUT2D eigenvalue weighted by molar-refractivity contribution is 6.22. The summed E-state index contributed by atoms with van der Waals surface area (Å²) in [4.78, 5) is 24.1. The fourth-order valence-corrected chi connectivity index (χ4v) is 0.974. The summed E-state index contributed by atoms with van der Waals surface area (Å²) in [5, 5.41) is 8.81. The predicted octanol–water partition coefficient (Wildman–Crippen LogP) is 1.09. The molecule has 0 aromatic rings. The third-order valence-corrected chi connectivity index (χ3v) is 1.79. The van der Waals surface area contributed by atoms with Crippen molar-refractivity contribution < 1.29 is 14.7 Å². The number of allylic oxidation sites excluding steroid dienone is 1. The van der Waals surface area contributed by atoms with Gasteiger partial charge in [0.2, 0.25) is 0 Å². The maximum Gasteiger partial charge on any atom is 0.339 e. The number of ketones is 1. The molecule has 0 aromatic heterocycles. The van der Waals surface area contributed by atoms with Gasteiger partial charge in [0.1, 0.15) is 5.57 Å². The molecule has 0 aliphatic rings. The van der Waals surface area contributed by atoms with E-state index in [-0.39, 0.29) is 11.1 Å². The average molecular weight is 211 g/mol. The van der Waals surface area contributed by atoms with Crippen molar-refractivity contribution in [3.8, 4) is 0 Å². The SMILES string of the molecule is C=C(C)C(=O)C(=CCCN(C)C)C(=O)O. The number of carboxylic acids is 1. The third kappa shape index (κ3) is 5.12. The normalized spacial score (nSPS) is 11.6. The highest BCUT2D eigenvalue weighted by Crippen LogP contribution is 2.05. The monoisotopic (exact) mass is 211 g/mol. The Morgan fingerprint density at radius 2 is 1.93 bits per heavy atom. The average Bonchev–Trinajstić information content (AvgIpc) is 2.10. The van der Waals surface area contributed by atoms with Crippen molar-refractivity contribution in [2.75, 3.05) is 20.6 Å². The van der Waals surface area contributed by atoms with E-state index in [1.54, 1.807) is 0 Å². The van der Waals surface area contributed by atoms with Crippen LogP contribution in [-0.4, -0.2) is 42.4 Å². The molecule has 0 unspecified atom stereocenters. The number of hydrogen-bond acceptors (Lipinski definition) is 3. The van der Waals surface area contributed by atoms with E-state index >= 15 is 0 Å². The quantitative estimate of drug-likeness (QED) is 0.406. The van der Waals surface area contributed by atoms with Crippen LogP contribution in [0.4, 0.5) is 0 Å². The van der Waals surface area contributed by atoms with Crippen LogP contribution in [0.3, 0.4) is 0 Å². The molecule has 0 heterocycles. The molecule has 0 aliphatic heterocycles. The maximum absolute atomic E-state index is 11.4. The van der Waals surface area contributed by atoms with Gasteiger partial charge in [0.15, 0.2) is 5.78 Å². The Morgan fingerprint density at radius 3 is 2.27 bits per heavy atom. The standard InChI is InChI=1S/C11H17NO3/c1-8(2)10(13)9(11(14)15)6-5-7-12(3)4/h6H,1,5,7H2,2-4H3,(H,14,15). The summed E-state index contributed by atoms with van der Waals surface area (Å²) in [6, 6.07) is 0. The van der Waals surface area contributed by atoms with Gasteiger partial charge >= 0.3 is 5.97 Å². The van der Waals surface area contributed by atoms with Gasteiger partial charge in [-0.15, -0.1) is 0 Å². The second-order valence-electron chi connectivity index (χ2n) is 3.62. The Morgan fingerprint density at radius 1 is 1.40 bits per heavy atom. The maximum atomic E-state index is 11.4. The van der Waals surface area contributed by atoms with Gasteiger partial charge in [-0.05, 0) is 33.0 Å². The number of carbonyl (C=O) groups excluding carboxylic acids is 1. The van der Waals surface area contributed by atoms with Crippen LogP contribution >= 0.6 is 0 Å². The molecule has 0 bridgehead atoms. The number of carboxylic acid groups (broad SMARTS) is 1. The van der Waals surface area contributed by atoms with Gasteiger partial charge in [-0.3, -0.25) is 4.79 Å². The zero-order chi connectivity index (χ0) is 12.0. The summed E-state index contributed by atoms with van der Waals surface area (Å²) >= 11 is 0. The molecule has 0 aromatic carbocycles. The molecule has 1 N–H and O–H groups in total. The topological polar surface area (TPSA) is 57.6 Å². The molecule has 0 aliphatic carbocycles. The number of Topliss-reactive ketones (excluding diaryl/α,β-unsaturated/α-hetero) is 1. The second kappa shape index (κ2) is 6.14. The van der Waals surface area contributed by atoms with Crippen molar-refractivity contribution in [2.24, 2.45) is 0 Å². The van der Waals surface area contributed by atoms with E-state index in [4.69, 9.17) is 5.11 Å². The van der Waals surface area contributed by atoms with Gasteiger partial charge in [-0.25, -0.2) is 4.79 Å². The fourth-order valence-electron chi connectivity index (χ4n) is 0.974. The van der Waals surface area contributed by atoms with Crippen LogP contribution in [0.25, 0.3) is 0 Å². The van der Waals surface area contributed by atoms with Crippen LogP contribution < -0.4 is 0 Å². The van der Waals surface area contributed by atoms with Crippen molar-refractivity contribution in [1.82, 2.24) is 4.90 Å². The van der Waals surface area contributed by atoms with Gasteiger partial charge in [0.25, 0.3) is 0 Å². The molecular formula is C11H17NO3. The lowest BCUT2D eigenvalue weighted by Gasteiger charge is -2.07. The lowest BCUT2D eigenvalue weighted by atomic mass is 10.1. The first-order valence-electron chi connectivity index (χ1n) is 4.64. The van der Waals surface area contributed by atoms with Crippen LogP contribution in [0, 0.1) is 0 Å². The van der Waals surface area contributed by atoms with Crippen LogP contribution in [0.2, 0.25) is 0 Å². The van der Waals surface area contributed by atoms with E-state index in [0.717, 1.165) is 0 Å². The molecule has 0 fully saturated rings. The van der Waals surface area contributed by atoms with Gasteiger partial charge in [0, 0.05) is 6.54 Å². The lowest BCUT2D eigenvalue weighted by Crippen LogP contribution is -2.15. The molecule has 15 heavy (non-hydrogen) atoms. The Hall–Kier alpha value is -1.42. The van der Waals surface area contributed by atoms with Crippen molar-refractivity contribution in [3.63, 3.8) is 0 Å². The van der Waals surface area contributed by atoms with E-state index in [1.165, 1.54) is 13.0 Å². The highest BCUT2D eigenvalue weighted by Gasteiger charge is 2.16. The van der Waals surface area contributed by atoms with Gasteiger partial charge in [-0.1, -0.05) is 12.7 Å². The Labute approximate surface area is 89.9 Å². The first-order chi connectivity index (χ1) is 6.86. The zero-order valence-electron chi connectivity index (χ0n) is 9.41. The Bertz CT molecular complexity index is 303. The van der Waals surface area contributed by atoms with E-state index in [2.05, 4.69) is 6.58 Å². The molecule has 0 rings (SSSR count). The first-order valence-corrected chi connectivity index (χ1v) is 4.64. The molecule has 0 saturated heterocycles. The summed E-state index contributed by atoms with van der Waals surface area (Å²) in [6.45, 7) is 5.65. The van der Waals surface area contributed by atoms with E-state index in [1.807, 2.05) is 19.0 Å². The fraction of sp³-hybridized carbons (Fsp3) is 0.455. The summed E-state index contributed by atoms with van der Waals surface area (Å²) in [5.74, 6) is -1.69. The van der Waals surface area contributed by atoms with Gasteiger partial charge in [-0.2, -0.15) is 0 Å². The highest BCUT2D eigenvalue weighted by atomic mass is 16.4. The smallest absolute Gasteiger partial charge is 0.339 e. The summed E-state index contributed by atoms with van der Waals surface area (Å²) in [6.07, 6.45) is 1.98. The number of carbonyl (C=O) groups is 2. The molecule has 4 nitrogen and oxygen atoms in total. The van der Waals surface area contributed by atoms with Crippen LogP contribution in [-0.2, 0) is 9.59 Å². The molecule has 0 spiro atoms.